The standard InChI is InChI=1S/C12H17BrN2/c1-15(7-9-2-3-9)8-10-6-11(14)4-5-12(10)13/h4-6,9H,2-3,7-8,14H2,1H3. The number of nitrogens with two attached hydrogens (primary N) is 1. The van der Waals surface area contributed by atoms with Crippen molar-refractivity contribution in [3.63, 3.8) is 0 Å². The fourth-order valence-electron chi connectivity index (χ4n) is 1.81. The van der Waals surface area contributed by atoms with Crippen molar-refractivity contribution in [3.05, 3.63) is 28.2 Å². The van der Waals surface area contributed by atoms with Gasteiger partial charge in [-0.2, -0.15) is 0 Å². The second-order valence-corrected chi connectivity index (χ2v) is 5.35. The molecule has 0 atom stereocenters. The predicted octanol–water partition coefficient (Wildman–Crippen LogP) is 2.87. The van der Waals surface area contributed by atoms with Gasteiger partial charge < -0.3 is 10.6 Å². The Morgan fingerprint density at radius 3 is 2.87 bits per heavy atom. The number of anilines is 1. The van der Waals surface area contributed by atoms with Crippen LogP contribution in [-0.4, -0.2) is 18.5 Å². The zero-order valence-corrected chi connectivity index (χ0v) is 10.6. The van der Waals surface area contributed by atoms with E-state index in [2.05, 4.69) is 27.9 Å². The number of rotatable bonds is 4. The SMILES string of the molecule is CN(Cc1cc(N)ccc1Br)CC1CC1. The van der Waals surface area contributed by atoms with Gasteiger partial charge in [-0.05, 0) is 49.6 Å². The van der Waals surface area contributed by atoms with Gasteiger partial charge >= 0.3 is 0 Å². The Morgan fingerprint density at radius 2 is 2.20 bits per heavy atom. The second kappa shape index (κ2) is 4.54. The largest absolute Gasteiger partial charge is 0.399 e. The summed E-state index contributed by atoms with van der Waals surface area (Å²) in [6, 6.07) is 6.00. The maximum atomic E-state index is 5.78. The summed E-state index contributed by atoms with van der Waals surface area (Å²) in [5.74, 6) is 0.940. The molecule has 0 spiro atoms. The van der Waals surface area contributed by atoms with E-state index < -0.39 is 0 Å². The van der Waals surface area contributed by atoms with E-state index in [1.54, 1.807) is 0 Å². The first kappa shape index (κ1) is 11.0. The van der Waals surface area contributed by atoms with Gasteiger partial charge in [0.2, 0.25) is 0 Å². The smallest absolute Gasteiger partial charge is 0.0318 e. The molecular weight excluding hydrogens is 252 g/mol. The van der Waals surface area contributed by atoms with Crippen molar-refractivity contribution < 1.29 is 0 Å². The minimum atomic E-state index is 0.841. The van der Waals surface area contributed by atoms with Crippen LogP contribution in [0.1, 0.15) is 18.4 Å². The number of nitrogens with zero attached hydrogens (tertiary/aromatic N) is 1. The van der Waals surface area contributed by atoms with E-state index >= 15 is 0 Å². The molecule has 1 aromatic carbocycles. The van der Waals surface area contributed by atoms with E-state index in [0.29, 0.717) is 0 Å². The Labute approximate surface area is 99.6 Å². The van der Waals surface area contributed by atoms with E-state index in [9.17, 15) is 0 Å². The van der Waals surface area contributed by atoms with E-state index in [1.165, 1.54) is 24.9 Å². The lowest BCUT2D eigenvalue weighted by molar-refractivity contribution is 0.312. The van der Waals surface area contributed by atoms with Crippen LogP contribution in [0.4, 0.5) is 5.69 Å². The Bertz CT molecular complexity index is 347. The lowest BCUT2D eigenvalue weighted by Crippen LogP contribution is -2.20. The molecule has 15 heavy (non-hydrogen) atoms. The monoisotopic (exact) mass is 268 g/mol. The first-order valence-electron chi connectivity index (χ1n) is 5.37. The molecular formula is C12H17BrN2. The van der Waals surface area contributed by atoms with Crippen LogP contribution in [0, 0.1) is 5.92 Å². The number of nitrogen functional groups attached to an aromatic ring is 1. The fourth-order valence-corrected chi connectivity index (χ4v) is 2.18. The summed E-state index contributed by atoms with van der Waals surface area (Å²) in [5.41, 5.74) is 7.89. The average molecular weight is 269 g/mol. The molecule has 0 heterocycles. The summed E-state index contributed by atoms with van der Waals surface area (Å²) >= 11 is 3.56. The summed E-state index contributed by atoms with van der Waals surface area (Å²) in [6.07, 6.45) is 2.81. The van der Waals surface area contributed by atoms with Crippen molar-refractivity contribution in [2.24, 2.45) is 5.92 Å². The highest BCUT2D eigenvalue weighted by molar-refractivity contribution is 9.10. The maximum Gasteiger partial charge on any atom is 0.0318 e. The normalized spacial score (nSPS) is 15.9. The van der Waals surface area contributed by atoms with Crippen LogP contribution in [0.5, 0.6) is 0 Å². The molecule has 0 aromatic heterocycles. The van der Waals surface area contributed by atoms with E-state index in [0.717, 1.165) is 22.6 Å². The molecule has 2 rings (SSSR count). The number of hydrogen-bond acceptors (Lipinski definition) is 2. The van der Waals surface area contributed by atoms with E-state index in [1.807, 2.05) is 18.2 Å². The van der Waals surface area contributed by atoms with Crippen molar-refractivity contribution in [1.29, 1.82) is 0 Å². The minimum absolute atomic E-state index is 0.841. The number of hydrogen-bond donors (Lipinski definition) is 1. The Balaban J connectivity index is 1.98. The summed E-state index contributed by atoms with van der Waals surface area (Å²) < 4.78 is 1.15. The molecule has 1 aliphatic rings. The van der Waals surface area contributed by atoms with Crippen LogP contribution >= 0.6 is 15.9 Å². The van der Waals surface area contributed by atoms with Gasteiger partial charge in [0.15, 0.2) is 0 Å². The molecule has 2 N–H and O–H groups in total. The van der Waals surface area contributed by atoms with Crippen molar-refractivity contribution >= 4 is 21.6 Å². The summed E-state index contributed by atoms with van der Waals surface area (Å²) in [5, 5.41) is 0. The van der Waals surface area contributed by atoms with Gasteiger partial charge in [0.25, 0.3) is 0 Å². The predicted molar refractivity (Wildman–Crippen MR) is 67.6 cm³/mol. The average Bonchev–Trinajstić information content (AvgIpc) is 2.95. The molecule has 1 fully saturated rings. The van der Waals surface area contributed by atoms with Crippen LogP contribution in [0.25, 0.3) is 0 Å². The summed E-state index contributed by atoms with van der Waals surface area (Å²) in [6.45, 7) is 2.18. The number of halogens is 1. The minimum Gasteiger partial charge on any atom is -0.399 e. The molecule has 0 amide bonds. The molecule has 0 saturated heterocycles. The molecule has 1 saturated carbocycles. The highest BCUT2D eigenvalue weighted by Crippen LogP contribution is 2.30. The third-order valence-electron chi connectivity index (χ3n) is 2.78. The van der Waals surface area contributed by atoms with E-state index in [-0.39, 0.29) is 0 Å². The lowest BCUT2D eigenvalue weighted by Gasteiger charge is -2.17. The highest BCUT2D eigenvalue weighted by Gasteiger charge is 2.22. The molecule has 0 unspecified atom stereocenters. The molecule has 3 heteroatoms. The third-order valence-corrected chi connectivity index (χ3v) is 3.55. The molecule has 82 valence electrons. The zero-order chi connectivity index (χ0) is 10.8. The molecule has 0 aliphatic heterocycles. The quantitative estimate of drug-likeness (QED) is 0.852. The second-order valence-electron chi connectivity index (χ2n) is 4.49. The zero-order valence-electron chi connectivity index (χ0n) is 9.04. The van der Waals surface area contributed by atoms with Crippen molar-refractivity contribution in [2.45, 2.75) is 19.4 Å². The van der Waals surface area contributed by atoms with Gasteiger partial charge in [-0.15, -0.1) is 0 Å². The Morgan fingerprint density at radius 1 is 1.47 bits per heavy atom. The molecule has 1 aromatic rings. The van der Waals surface area contributed by atoms with Crippen LogP contribution in [0.15, 0.2) is 22.7 Å². The topological polar surface area (TPSA) is 29.3 Å². The molecule has 1 aliphatic carbocycles. The lowest BCUT2D eigenvalue weighted by atomic mass is 10.2. The van der Waals surface area contributed by atoms with Crippen molar-refractivity contribution in [2.75, 3.05) is 19.3 Å². The Hall–Kier alpha value is -0.540. The molecule has 0 bridgehead atoms. The van der Waals surface area contributed by atoms with E-state index in [4.69, 9.17) is 5.73 Å². The molecule has 0 radical (unpaired) electrons. The first-order chi connectivity index (χ1) is 7.15. The van der Waals surface area contributed by atoms with Gasteiger partial charge in [-0.1, -0.05) is 15.9 Å². The van der Waals surface area contributed by atoms with Crippen LogP contribution in [0.2, 0.25) is 0 Å². The van der Waals surface area contributed by atoms with Gasteiger partial charge in [0.05, 0.1) is 0 Å². The van der Waals surface area contributed by atoms with Gasteiger partial charge in [-0.3, -0.25) is 0 Å². The van der Waals surface area contributed by atoms with Crippen LogP contribution in [0.3, 0.4) is 0 Å². The van der Waals surface area contributed by atoms with Gasteiger partial charge in [0.1, 0.15) is 0 Å². The van der Waals surface area contributed by atoms with Gasteiger partial charge in [-0.25, -0.2) is 0 Å². The van der Waals surface area contributed by atoms with Crippen molar-refractivity contribution in [3.8, 4) is 0 Å². The van der Waals surface area contributed by atoms with Crippen LogP contribution < -0.4 is 5.73 Å². The fraction of sp³-hybridized carbons (Fsp3) is 0.500. The number of benzene rings is 1. The summed E-state index contributed by atoms with van der Waals surface area (Å²) in [4.78, 5) is 2.37. The summed E-state index contributed by atoms with van der Waals surface area (Å²) in [7, 11) is 2.17. The Kier molecular flexibility index (Phi) is 3.32. The van der Waals surface area contributed by atoms with Crippen molar-refractivity contribution in [1.82, 2.24) is 4.90 Å². The highest BCUT2D eigenvalue weighted by atomic mass is 79.9. The maximum absolute atomic E-state index is 5.78. The van der Waals surface area contributed by atoms with Gasteiger partial charge in [0, 0.05) is 23.2 Å². The van der Waals surface area contributed by atoms with Crippen LogP contribution in [-0.2, 0) is 6.54 Å². The molecule has 2 nitrogen and oxygen atoms in total. The third kappa shape index (κ3) is 3.21. The first-order valence-corrected chi connectivity index (χ1v) is 6.17.